The maximum absolute atomic E-state index is 5.66. The van der Waals surface area contributed by atoms with Gasteiger partial charge in [0.1, 0.15) is 0 Å². The van der Waals surface area contributed by atoms with Crippen molar-refractivity contribution in [1.29, 1.82) is 0 Å². The molecule has 2 N–H and O–H groups in total. The molecule has 2 aromatic rings. The fraction of sp³-hybridized carbons (Fsp3) is 0.182. The SMILES string of the molecule is COc1cc(OC)nc(Oc2cccnc2N)n1. The van der Waals surface area contributed by atoms with Gasteiger partial charge in [-0.3, -0.25) is 0 Å². The molecule has 0 unspecified atom stereocenters. The van der Waals surface area contributed by atoms with E-state index in [0.29, 0.717) is 17.5 Å². The largest absolute Gasteiger partial charge is 0.481 e. The highest BCUT2D eigenvalue weighted by Gasteiger charge is 2.09. The first-order valence-corrected chi connectivity index (χ1v) is 5.08. The molecule has 0 aliphatic heterocycles. The monoisotopic (exact) mass is 248 g/mol. The first-order valence-electron chi connectivity index (χ1n) is 5.08. The molecule has 0 aliphatic carbocycles. The average molecular weight is 248 g/mol. The first-order chi connectivity index (χ1) is 8.72. The number of pyridine rings is 1. The van der Waals surface area contributed by atoms with Gasteiger partial charge in [0, 0.05) is 6.20 Å². The molecule has 18 heavy (non-hydrogen) atoms. The molecule has 0 radical (unpaired) electrons. The van der Waals surface area contributed by atoms with Crippen LogP contribution in [0.4, 0.5) is 5.82 Å². The van der Waals surface area contributed by atoms with Gasteiger partial charge in [-0.1, -0.05) is 0 Å². The summed E-state index contributed by atoms with van der Waals surface area (Å²) in [7, 11) is 2.98. The van der Waals surface area contributed by atoms with Crippen LogP contribution in [0.25, 0.3) is 0 Å². The summed E-state index contributed by atoms with van der Waals surface area (Å²) in [6, 6.07) is 4.98. The fourth-order valence-electron chi connectivity index (χ4n) is 1.23. The summed E-state index contributed by atoms with van der Waals surface area (Å²) in [5.41, 5.74) is 5.66. The summed E-state index contributed by atoms with van der Waals surface area (Å²) in [6.07, 6.45) is 1.56. The first kappa shape index (κ1) is 11.9. The molecule has 0 atom stereocenters. The maximum Gasteiger partial charge on any atom is 0.328 e. The molecular weight excluding hydrogens is 236 g/mol. The van der Waals surface area contributed by atoms with E-state index in [2.05, 4.69) is 15.0 Å². The lowest BCUT2D eigenvalue weighted by Gasteiger charge is -2.08. The van der Waals surface area contributed by atoms with Crippen molar-refractivity contribution in [3.63, 3.8) is 0 Å². The van der Waals surface area contributed by atoms with Gasteiger partial charge in [0.25, 0.3) is 0 Å². The van der Waals surface area contributed by atoms with Crippen LogP contribution in [-0.4, -0.2) is 29.2 Å². The van der Waals surface area contributed by atoms with Gasteiger partial charge in [-0.15, -0.1) is 0 Å². The second-order valence-electron chi connectivity index (χ2n) is 3.22. The molecule has 0 saturated heterocycles. The lowest BCUT2D eigenvalue weighted by Crippen LogP contribution is -2.00. The van der Waals surface area contributed by atoms with Crippen LogP contribution in [0, 0.1) is 0 Å². The van der Waals surface area contributed by atoms with E-state index in [0.717, 1.165) is 0 Å². The van der Waals surface area contributed by atoms with Crippen LogP contribution in [0.5, 0.6) is 23.5 Å². The standard InChI is InChI=1S/C11H12N4O3/c1-16-8-6-9(17-2)15-11(14-8)18-7-4-3-5-13-10(7)12/h3-6H,1-2H3,(H2,12,13). The van der Waals surface area contributed by atoms with Crippen molar-refractivity contribution in [1.82, 2.24) is 15.0 Å². The Morgan fingerprint density at radius 2 is 1.78 bits per heavy atom. The molecule has 7 heteroatoms. The summed E-state index contributed by atoms with van der Waals surface area (Å²) in [5, 5.41) is 0. The zero-order valence-electron chi connectivity index (χ0n) is 9.95. The van der Waals surface area contributed by atoms with Crippen molar-refractivity contribution in [3.8, 4) is 23.5 Å². The van der Waals surface area contributed by atoms with E-state index >= 15 is 0 Å². The Hall–Kier alpha value is -2.57. The molecule has 0 saturated carbocycles. The Bertz CT molecular complexity index is 525. The smallest absolute Gasteiger partial charge is 0.328 e. The zero-order chi connectivity index (χ0) is 13.0. The number of nitrogens with zero attached hydrogens (tertiary/aromatic N) is 3. The lowest BCUT2D eigenvalue weighted by molar-refractivity contribution is 0.348. The van der Waals surface area contributed by atoms with E-state index in [1.54, 1.807) is 24.4 Å². The number of nitrogen functional groups attached to an aromatic ring is 1. The molecule has 0 aliphatic rings. The summed E-state index contributed by atoms with van der Waals surface area (Å²) >= 11 is 0. The highest BCUT2D eigenvalue weighted by atomic mass is 16.5. The fourth-order valence-corrected chi connectivity index (χ4v) is 1.23. The minimum Gasteiger partial charge on any atom is -0.481 e. The van der Waals surface area contributed by atoms with E-state index in [4.69, 9.17) is 19.9 Å². The molecule has 7 nitrogen and oxygen atoms in total. The van der Waals surface area contributed by atoms with Crippen LogP contribution < -0.4 is 19.9 Å². The average Bonchev–Trinajstić information content (AvgIpc) is 2.41. The van der Waals surface area contributed by atoms with E-state index in [-0.39, 0.29) is 11.8 Å². The minimum absolute atomic E-state index is 0.0749. The van der Waals surface area contributed by atoms with Gasteiger partial charge in [-0.25, -0.2) is 4.98 Å². The van der Waals surface area contributed by atoms with E-state index in [9.17, 15) is 0 Å². The Kier molecular flexibility index (Phi) is 3.42. The number of hydrogen-bond donors (Lipinski definition) is 1. The highest BCUT2D eigenvalue weighted by Crippen LogP contribution is 2.26. The van der Waals surface area contributed by atoms with Crippen molar-refractivity contribution >= 4 is 5.82 Å². The number of methoxy groups -OCH3 is 2. The quantitative estimate of drug-likeness (QED) is 0.870. The molecular formula is C11H12N4O3. The van der Waals surface area contributed by atoms with Gasteiger partial charge >= 0.3 is 6.01 Å². The van der Waals surface area contributed by atoms with Crippen LogP contribution in [0.2, 0.25) is 0 Å². The van der Waals surface area contributed by atoms with Crippen LogP contribution in [0.15, 0.2) is 24.4 Å². The van der Waals surface area contributed by atoms with E-state index in [1.165, 1.54) is 14.2 Å². The van der Waals surface area contributed by atoms with Crippen LogP contribution in [0.1, 0.15) is 0 Å². The normalized spacial score (nSPS) is 9.89. The van der Waals surface area contributed by atoms with Crippen molar-refractivity contribution in [3.05, 3.63) is 24.4 Å². The number of anilines is 1. The number of aromatic nitrogens is 3. The number of ether oxygens (including phenoxy) is 3. The molecule has 2 heterocycles. The Morgan fingerprint density at radius 3 is 2.33 bits per heavy atom. The zero-order valence-corrected chi connectivity index (χ0v) is 9.95. The molecule has 0 bridgehead atoms. The Morgan fingerprint density at radius 1 is 1.11 bits per heavy atom. The number of rotatable bonds is 4. The molecule has 94 valence electrons. The third-order valence-electron chi connectivity index (χ3n) is 2.08. The summed E-state index contributed by atoms with van der Waals surface area (Å²) in [4.78, 5) is 11.9. The van der Waals surface area contributed by atoms with Crippen molar-refractivity contribution in [2.45, 2.75) is 0 Å². The third kappa shape index (κ3) is 2.57. The van der Waals surface area contributed by atoms with Gasteiger partial charge in [0.05, 0.1) is 20.3 Å². The van der Waals surface area contributed by atoms with Crippen LogP contribution in [-0.2, 0) is 0 Å². The predicted molar refractivity (Wildman–Crippen MR) is 63.9 cm³/mol. The van der Waals surface area contributed by atoms with Crippen LogP contribution >= 0.6 is 0 Å². The van der Waals surface area contributed by atoms with Crippen molar-refractivity contribution < 1.29 is 14.2 Å². The van der Waals surface area contributed by atoms with Gasteiger partial charge in [-0.05, 0) is 12.1 Å². The summed E-state index contributed by atoms with van der Waals surface area (Å²) in [5.74, 6) is 1.29. The van der Waals surface area contributed by atoms with Gasteiger partial charge in [-0.2, -0.15) is 9.97 Å². The predicted octanol–water partition coefficient (Wildman–Crippen LogP) is 1.26. The summed E-state index contributed by atoms with van der Waals surface area (Å²) in [6.45, 7) is 0. The van der Waals surface area contributed by atoms with Gasteiger partial charge in [0.15, 0.2) is 11.6 Å². The maximum atomic E-state index is 5.66. The Labute approximate surface area is 104 Å². The van der Waals surface area contributed by atoms with Crippen molar-refractivity contribution in [2.24, 2.45) is 0 Å². The third-order valence-corrected chi connectivity index (χ3v) is 2.08. The lowest BCUT2D eigenvalue weighted by atomic mass is 10.4. The molecule has 2 aromatic heterocycles. The second-order valence-corrected chi connectivity index (χ2v) is 3.22. The molecule has 0 fully saturated rings. The van der Waals surface area contributed by atoms with Crippen LogP contribution in [0.3, 0.4) is 0 Å². The topological polar surface area (TPSA) is 92.4 Å². The molecule has 0 amide bonds. The molecule has 2 rings (SSSR count). The highest BCUT2D eigenvalue weighted by molar-refractivity contribution is 5.46. The van der Waals surface area contributed by atoms with Gasteiger partial charge < -0.3 is 19.9 Å². The number of nitrogens with two attached hydrogens (primary N) is 1. The molecule has 0 aromatic carbocycles. The van der Waals surface area contributed by atoms with Gasteiger partial charge in [0.2, 0.25) is 11.8 Å². The second kappa shape index (κ2) is 5.17. The van der Waals surface area contributed by atoms with E-state index in [1.807, 2.05) is 0 Å². The van der Waals surface area contributed by atoms with Crippen molar-refractivity contribution in [2.75, 3.05) is 20.0 Å². The Balaban J connectivity index is 2.31. The summed E-state index contributed by atoms with van der Waals surface area (Å²) < 4.78 is 15.4. The molecule has 0 spiro atoms. The number of hydrogen-bond acceptors (Lipinski definition) is 7. The minimum atomic E-state index is 0.0749. The van der Waals surface area contributed by atoms with E-state index < -0.39 is 0 Å².